The van der Waals surface area contributed by atoms with Crippen molar-refractivity contribution in [3.8, 4) is 17.3 Å². The van der Waals surface area contributed by atoms with Crippen molar-refractivity contribution in [3.05, 3.63) is 72.3 Å². The zero-order valence-electron chi connectivity index (χ0n) is 14.3. The average Bonchev–Trinajstić information content (AvgIpc) is 2.70. The second-order valence-corrected chi connectivity index (χ2v) is 6.48. The number of nitriles is 1. The molecule has 0 saturated heterocycles. The van der Waals surface area contributed by atoms with E-state index in [0.717, 1.165) is 27.7 Å². The molecule has 0 aliphatic carbocycles. The number of anilines is 2. The molecular formula is C23H15N3. The van der Waals surface area contributed by atoms with Gasteiger partial charge in [0.25, 0.3) is 0 Å². The van der Waals surface area contributed by atoms with Crippen LogP contribution >= 0.6 is 0 Å². The van der Waals surface area contributed by atoms with E-state index in [1.807, 2.05) is 18.2 Å². The topological polar surface area (TPSA) is 39.9 Å². The largest absolute Gasteiger partial charge is 0.343 e. The second-order valence-electron chi connectivity index (χ2n) is 6.48. The summed E-state index contributed by atoms with van der Waals surface area (Å²) in [6.07, 6.45) is 3.33. The number of pyridine rings is 1. The van der Waals surface area contributed by atoms with Crippen LogP contribution in [0.25, 0.3) is 39.0 Å². The zero-order chi connectivity index (χ0) is 17.7. The van der Waals surface area contributed by atoms with Crippen LogP contribution in [0.15, 0.2) is 66.7 Å². The Bertz CT molecular complexity index is 1260. The maximum atomic E-state index is 8.79. The molecule has 3 heteroatoms. The number of rotatable bonds is 1. The molecule has 1 aliphatic rings. The fourth-order valence-electron chi connectivity index (χ4n) is 3.86. The Kier molecular flexibility index (Phi) is 3.07. The van der Waals surface area contributed by atoms with Crippen LogP contribution < -0.4 is 4.90 Å². The van der Waals surface area contributed by atoms with Gasteiger partial charge in [-0.05, 0) is 41.3 Å². The molecule has 1 aromatic heterocycles. The fourth-order valence-corrected chi connectivity index (χ4v) is 3.86. The SMILES string of the molecule is CN1c2ccccc2-c2nc3ccc(C=CC#N)cc3c3cccc1c23. The van der Waals surface area contributed by atoms with Gasteiger partial charge in [-0.3, -0.25) is 0 Å². The van der Waals surface area contributed by atoms with Gasteiger partial charge >= 0.3 is 0 Å². The van der Waals surface area contributed by atoms with Crippen LogP contribution in [0.1, 0.15) is 5.56 Å². The van der Waals surface area contributed by atoms with Crippen molar-refractivity contribution in [1.29, 1.82) is 5.26 Å². The quantitative estimate of drug-likeness (QED) is 0.333. The number of nitrogens with zero attached hydrogens (tertiary/aromatic N) is 3. The molecule has 0 unspecified atom stereocenters. The lowest BCUT2D eigenvalue weighted by molar-refractivity contribution is 1.20. The van der Waals surface area contributed by atoms with E-state index in [4.69, 9.17) is 10.2 Å². The molecule has 3 aromatic carbocycles. The van der Waals surface area contributed by atoms with E-state index < -0.39 is 0 Å². The molecule has 0 spiro atoms. The first-order valence-electron chi connectivity index (χ1n) is 8.54. The highest BCUT2D eigenvalue weighted by Gasteiger charge is 2.24. The number of benzene rings is 3. The highest BCUT2D eigenvalue weighted by atomic mass is 15.1. The number of hydrogen-bond donors (Lipinski definition) is 0. The number of hydrogen-bond acceptors (Lipinski definition) is 3. The minimum atomic E-state index is 0.970. The molecule has 122 valence electrons. The molecule has 0 radical (unpaired) electrons. The van der Waals surface area contributed by atoms with E-state index in [-0.39, 0.29) is 0 Å². The Hall–Kier alpha value is -3.64. The van der Waals surface area contributed by atoms with Gasteiger partial charge in [-0.25, -0.2) is 4.98 Å². The van der Waals surface area contributed by atoms with Crippen LogP contribution in [-0.4, -0.2) is 12.0 Å². The van der Waals surface area contributed by atoms with E-state index in [2.05, 4.69) is 66.5 Å². The van der Waals surface area contributed by atoms with Gasteiger partial charge in [-0.2, -0.15) is 5.26 Å². The first kappa shape index (κ1) is 14.7. The highest BCUT2D eigenvalue weighted by molar-refractivity contribution is 6.19. The number of fused-ring (bicyclic) bond motifs is 4. The third-order valence-electron chi connectivity index (χ3n) is 5.05. The lowest BCUT2D eigenvalue weighted by atomic mass is 9.93. The first-order chi connectivity index (χ1) is 12.8. The molecular weight excluding hydrogens is 318 g/mol. The maximum absolute atomic E-state index is 8.79. The number of aromatic nitrogens is 1. The Balaban J connectivity index is 1.93. The van der Waals surface area contributed by atoms with Crippen molar-refractivity contribution in [2.24, 2.45) is 0 Å². The van der Waals surface area contributed by atoms with E-state index in [1.165, 1.54) is 28.2 Å². The Morgan fingerprint density at radius 2 is 1.81 bits per heavy atom. The van der Waals surface area contributed by atoms with Crippen LogP contribution in [0.5, 0.6) is 0 Å². The second kappa shape index (κ2) is 5.44. The summed E-state index contributed by atoms with van der Waals surface area (Å²) >= 11 is 0. The molecule has 3 nitrogen and oxygen atoms in total. The Morgan fingerprint density at radius 3 is 2.69 bits per heavy atom. The van der Waals surface area contributed by atoms with Crippen LogP contribution in [0.4, 0.5) is 11.4 Å². The van der Waals surface area contributed by atoms with Gasteiger partial charge in [-0.1, -0.05) is 36.4 Å². The average molecular weight is 333 g/mol. The summed E-state index contributed by atoms with van der Waals surface area (Å²) in [5, 5.41) is 12.3. The zero-order valence-corrected chi connectivity index (χ0v) is 14.3. The predicted molar refractivity (Wildman–Crippen MR) is 107 cm³/mol. The smallest absolute Gasteiger partial charge is 0.0912 e. The van der Waals surface area contributed by atoms with Gasteiger partial charge in [0.2, 0.25) is 0 Å². The molecule has 4 aromatic rings. The van der Waals surface area contributed by atoms with Gasteiger partial charge in [-0.15, -0.1) is 0 Å². The minimum Gasteiger partial charge on any atom is -0.343 e. The van der Waals surface area contributed by atoms with Gasteiger partial charge in [0.15, 0.2) is 0 Å². The summed E-state index contributed by atoms with van der Waals surface area (Å²) in [5.74, 6) is 0. The van der Waals surface area contributed by atoms with Crippen molar-refractivity contribution in [3.63, 3.8) is 0 Å². The fraction of sp³-hybridized carbons (Fsp3) is 0.0435. The molecule has 1 aliphatic heterocycles. The summed E-state index contributed by atoms with van der Waals surface area (Å²) in [6.45, 7) is 0. The standard InChI is InChI=1S/C23H15N3/c1-26-20-9-3-2-7-17(20)23-22-16(8-4-10-21(22)26)18-14-15(6-5-13-24)11-12-19(18)25-23/h2-12,14H,1H3. The van der Waals surface area contributed by atoms with Gasteiger partial charge in [0.05, 0.1) is 28.7 Å². The van der Waals surface area contributed by atoms with Crippen LogP contribution in [0, 0.1) is 11.3 Å². The summed E-state index contributed by atoms with van der Waals surface area (Å²) in [6, 6.07) is 23.0. The van der Waals surface area contributed by atoms with Crippen LogP contribution in [0.3, 0.4) is 0 Å². The van der Waals surface area contributed by atoms with E-state index in [0.29, 0.717) is 0 Å². The lowest BCUT2D eigenvalue weighted by Crippen LogP contribution is -2.15. The van der Waals surface area contributed by atoms with Gasteiger partial charge in [0.1, 0.15) is 0 Å². The molecule has 0 N–H and O–H groups in total. The third-order valence-corrected chi connectivity index (χ3v) is 5.05. The monoisotopic (exact) mass is 333 g/mol. The Morgan fingerprint density at radius 1 is 0.962 bits per heavy atom. The minimum absolute atomic E-state index is 0.970. The summed E-state index contributed by atoms with van der Waals surface area (Å²) in [7, 11) is 2.10. The Labute approximate surface area is 151 Å². The van der Waals surface area contributed by atoms with Crippen molar-refractivity contribution in [2.45, 2.75) is 0 Å². The van der Waals surface area contributed by atoms with Crippen molar-refractivity contribution < 1.29 is 0 Å². The highest BCUT2D eigenvalue weighted by Crippen LogP contribution is 2.47. The van der Waals surface area contributed by atoms with E-state index in [1.54, 1.807) is 0 Å². The first-order valence-corrected chi connectivity index (χ1v) is 8.54. The van der Waals surface area contributed by atoms with Crippen LogP contribution in [-0.2, 0) is 0 Å². The predicted octanol–water partition coefficient (Wildman–Crippen LogP) is 5.67. The molecule has 0 saturated carbocycles. The van der Waals surface area contributed by atoms with E-state index in [9.17, 15) is 0 Å². The number of allylic oxidation sites excluding steroid dienone is 1. The summed E-state index contributed by atoms with van der Waals surface area (Å²) in [4.78, 5) is 7.25. The third kappa shape index (κ3) is 1.96. The molecule has 2 heterocycles. The molecule has 0 atom stereocenters. The molecule has 0 fully saturated rings. The summed E-state index contributed by atoms with van der Waals surface area (Å²) in [5.41, 5.74) is 6.52. The summed E-state index contributed by atoms with van der Waals surface area (Å²) < 4.78 is 0. The van der Waals surface area contributed by atoms with Crippen molar-refractivity contribution in [1.82, 2.24) is 4.98 Å². The normalized spacial score (nSPS) is 12.5. The van der Waals surface area contributed by atoms with Gasteiger partial charge in [0, 0.05) is 29.5 Å². The van der Waals surface area contributed by atoms with Crippen molar-refractivity contribution >= 4 is 39.1 Å². The number of para-hydroxylation sites is 1. The molecule has 26 heavy (non-hydrogen) atoms. The lowest BCUT2D eigenvalue weighted by Gasteiger charge is -2.30. The molecule has 0 bridgehead atoms. The maximum Gasteiger partial charge on any atom is 0.0912 e. The van der Waals surface area contributed by atoms with Crippen molar-refractivity contribution in [2.75, 3.05) is 11.9 Å². The van der Waals surface area contributed by atoms with E-state index >= 15 is 0 Å². The van der Waals surface area contributed by atoms with Gasteiger partial charge < -0.3 is 4.90 Å². The molecule has 0 amide bonds. The molecule has 5 rings (SSSR count). The van der Waals surface area contributed by atoms with Crippen LogP contribution in [0.2, 0.25) is 0 Å².